The van der Waals surface area contributed by atoms with E-state index in [-0.39, 0.29) is 0 Å². The summed E-state index contributed by atoms with van der Waals surface area (Å²) in [7, 11) is 0. The fourth-order valence-corrected chi connectivity index (χ4v) is 2.84. The van der Waals surface area contributed by atoms with Crippen LogP contribution in [0.5, 0.6) is 0 Å². The standard InChI is InChI=1S/C14H27N3/c1-2-13(1)15-7-5-12-6-9-17(11-12)10-8-16-14-3-4-14/h12-16H,1-11H2. The van der Waals surface area contributed by atoms with Crippen LogP contribution in [0.1, 0.15) is 38.5 Å². The smallest absolute Gasteiger partial charge is 0.0107 e. The Kier molecular flexibility index (Phi) is 3.99. The molecule has 1 atom stereocenters. The molecule has 1 unspecified atom stereocenters. The number of likely N-dealkylation sites (tertiary alicyclic amines) is 1. The van der Waals surface area contributed by atoms with Crippen LogP contribution in [0, 0.1) is 5.92 Å². The lowest BCUT2D eigenvalue weighted by molar-refractivity contribution is 0.317. The summed E-state index contributed by atoms with van der Waals surface area (Å²) in [5, 5.41) is 7.24. The number of nitrogens with zero attached hydrogens (tertiary/aromatic N) is 1. The Labute approximate surface area is 105 Å². The van der Waals surface area contributed by atoms with Gasteiger partial charge in [0.05, 0.1) is 0 Å². The lowest BCUT2D eigenvalue weighted by Gasteiger charge is -2.16. The van der Waals surface area contributed by atoms with E-state index in [1.807, 2.05) is 0 Å². The van der Waals surface area contributed by atoms with Gasteiger partial charge in [-0.05, 0) is 57.5 Å². The summed E-state index contributed by atoms with van der Waals surface area (Å²) in [6.07, 6.45) is 8.48. The van der Waals surface area contributed by atoms with Gasteiger partial charge in [0.25, 0.3) is 0 Å². The van der Waals surface area contributed by atoms with E-state index >= 15 is 0 Å². The van der Waals surface area contributed by atoms with Crippen molar-refractivity contribution < 1.29 is 0 Å². The fraction of sp³-hybridized carbons (Fsp3) is 1.00. The maximum Gasteiger partial charge on any atom is 0.0107 e. The first-order valence-electron chi connectivity index (χ1n) is 7.59. The van der Waals surface area contributed by atoms with Crippen LogP contribution >= 0.6 is 0 Å². The molecule has 3 heteroatoms. The molecule has 3 rings (SSSR count). The second-order valence-corrected chi connectivity index (χ2v) is 6.20. The first kappa shape index (κ1) is 11.9. The molecule has 0 bridgehead atoms. The lowest BCUT2D eigenvalue weighted by Crippen LogP contribution is -2.31. The molecule has 2 aliphatic carbocycles. The molecule has 2 saturated carbocycles. The van der Waals surface area contributed by atoms with Crippen molar-refractivity contribution in [3.8, 4) is 0 Å². The quantitative estimate of drug-likeness (QED) is 0.664. The summed E-state index contributed by atoms with van der Waals surface area (Å²) < 4.78 is 0. The van der Waals surface area contributed by atoms with E-state index in [1.165, 1.54) is 71.2 Å². The van der Waals surface area contributed by atoms with Gasteiger partial charge in [-0.15, -0.1) is 0 Å². The Hall–Kier alpha value is -0.120. The summed E-state index contributed by atoms with van der Waals surface area (Å²) >= 11 is 0. The molecule has 0 aromatic carbocycles. The van der Waals surface area contributed by atoms with Crippen LogP contribution in [-0.2, 0) is 0 Å². The zero-order valence-electron chi connectivity index (χ0n) is 11.0. The molecule has 0 aromatic heterocycles. The van der Waals surface area contributed by atoms with Crippen LogP contribution in [-0.4, -0.2) is 49.7 Å². The SMILES string of the molecule is C(CC1CCN(CCNC2CC2)C1)NC1CC1. The zero-order valence-corrected chi connectivity index (χ0v) is 11.0. The van der Waals surface area contributed by atoms with E-state index in [2.05, 4.69) is 15.5 Å². The Bertz CT molecular complexity index is 212. The van der Waals surface area contributed by atoms with Gasteiger partial charge in [-0.3, -0.25) is 0 Å². The molecular weight excluding hydrogens is 210 g/mol. The van der Waals surface area contributed by atoms with Gasteiger partial charge < -0.3 is 15.5 Å². The predicted octanol–water partition coefficient (Wildman–Crippen LogP) is 1.20. The van der Waals surface area contributed by atoms with Crippen molar-refractivity contribution in [2.24, 2.45) is 5.92 Å². The van der Waals surface area contributed by atoms with Gasteiger partial charge in [-0.25, -0.2) is 0 Å². The largest absolute Gasteiger partial charge is 0.314 e. The molecule has 0 spiro atoms. The summed E-state index contributed by atoms with van der Waals surface area (Å²) in [6, 6.07) is 1.76. The minimum atomic E-state index is 0.871. The minimum Gasteiger partial charge on any atom is -0.314 e. The van der Waals surface area contributed by atoms with E-state index in [0.29, 0.717) is 0 Å². The van der Waals surface area contributed by atoms with Crippen LogP contribution in [0.2, 0.25) is 0 Å². The molecule has 3 aliphatic rings. The highest BCUT2D eigenvalue weighted by Gasteiger charge is 2.25. The molecule has 0 aromatic rings. The van der Waals surface area contributed by atoms with Crippen molar-refractivity contribution in [3.63, 3.8) is 0 Å². The van der Waals surface area contributed by atoms with Crippen LogP contribution in [0.25, 0.3) is 0 Å². The van der Waals surface area contributed by atoms with E-state index in [0.717, 1.165) is 18.0 Å². The van der Waals surface area contributed by atoms with Crippen molar-refractivity contribution in [3.05, 3.63) is 0 Å². The van der Waals surface area contributed by atoms with E-state index < -0.39 is 0 Å². The minimum absolute atomic E-state index is 0.871. The third-order valence-electron chi connectivity index (χ3n) is 4.37. The average Bonchev–Trinajstić information content (AvgIpc) is 3.22. The van der Waals surface area contributed by atoms with Crippen molar-refractivity contribution >= 4 is 0 Å². The average molecular weight is 237 g/mol. The van der Waals surface area contributed by atoms with Crippen molar-refractivity contribution in [1.82, 2.24) is 15.5 Å². The maximum absolute atomic E-state index is 3.63. The molecule has 2 N–H and O–H groups in total. The number of nitrogens with one attached hydrogen (secondary N) is 2. The molecule has 3 fully saturated rings. The van der Waals surface area contributed by atoms with Crippen molar-refractivity contribution in [2.75, 3.05) is 32.7 Å². The molecule has 0 radical (unpaired) electrons. The van der Waals surface area contributed by atoms with Crippen LogP contribution in [0.4, 0.5) is 0 Å². The highest BCUT2D eigenvalue weighted by molar-refractivity contribution is 4.84. The summed E-state index contributed by atoms with van der Waals surface area (Å²) in [5.74, 6) is 0.960. The van der Waals surface area contributed by atoms with Gasteiger partial charge >= 0.3 is 0 Å². The molecular formula is C14H27N3. The van der Waals surface area contributed by atoms with Gasteiger partial charge in [0.1, 0.15) is 0 Å². The second-order valence-electron chi connectivity index (χ2n) is 6.20. The Morgan fingerprint density at radius 1 is 0.882 bits per heavy atom. The van der Waals surface area contributed by atoms with Gasteiger partial charge in [0.15, 0.2) is 0 Å². The molecule has 1 heterocycles. The highest BCUT2D eigenvalue weighted by atomic mass is 15.2. The summed E-state index contributed by atoms with van der Waals surface area (Å²) in [6.45, 7) is 6.41. The number of hydrogen-bond acceptors (Lipinski definition) is 3. The molecule has 0 amide bonds. The first-order chi connectivity index (χ1) is 8.40. The van der Waals surface area contributed by atoms with Crippen LogP contribution < -0.4 is 10.6 Å². The molecule has 3 nitrogen and oxygen atoms in total. The molecule has 1 aliphatic heterocycles. The molecule has 17 heavy (non-hydrogen) atoms. The lowest BCUT2D eigenvalue weighted by atomic mass is 10.1. The van der Waals surface area contributed by atoms with Crippen molar-refractivity contribution in [1.29, 1.82) is 0 Å². The Morgan fingerprint density at radius 2 is 1.59 bits per heavy atom. The second kappa shape index (κ2) is 5.68. The van der Waals surface area contributed by atoms with E-state index in [4.69, 9.17) is 0 Å². The number of rotatable bonds is 8. The number of hydrogen-bond donors (Lipinski definition) is 2. The molecule has 98 valence electrons. The van der Waals surface area contributed by atoms with Gasteiger partial charge in [0, 0.05) is 31.7 Å². The van der Waals surface area contributed by atoms with Crippen LogP contribution in [0.15, 0.2) is 0 Å². The topological polar surface area (TPSA) is 27.3 Å². The third-order valence-corrected chi connectivity index (χ3v) is 4.37. The van der Waals surface area contributed by atoms with E-state index in [9.17, 15) is 0 Å². The maximum atomic E-state index is 3.63. The van der Waals surface area contributed by atoms with E-state index in [1.54, 1.807) is 0 Å². The monoisotopic (exact) mass is 237 g/mol. The Morgan fingerprint density at radius 3 is 2.29 bits per heavy atom. The summed E-state index contributed by atoms with van der Waals surface area (Å²) in [4.78, 5) is 2.65. The van der Waals surface area contributed by atoms with Gasteiger partial charge in [-0.2, -0.15) is 0 Å². The fourth-order valence-electron chi connectivity index (χ4n) is 2.84. The third kappa shape index (κ3) is 4.23. The zero-order chi connectivity index (χ0) is 11.5. The van der Waals surface area contributed by atoms with Gasteiger partial charge in [-0.1, -0.05) is 0 Å². The van der Waals surface area contributed by atoms with Gasteiger partial charge in [0.2, 0.25) is 0 Å². The Balaban J connectivity index is 1.22. The van der Waals surface area contributed by atoms with Crippen molar-refractivity contribution in [2.45, 2.75) is 50.6 Å². The highest BCUT2D eigenvalue weighted by Crippen LogP contribution is 2.22. The molecule has 1 saturated heterocycles. The predicted molar refractivity (Wildman–Crippen MR) is 71.2 cm³/mol. The summed E-state index contributed by atoms with van der Waals surface area (Å²) in [5.41, 5.74) is 0. The first-order valence-corrected chi connectivity index (χ1v) is 7.59. The van der Waals surface area contributed by atoms with Crippen LogP contribution in [0.3, 0.4) is 0 Å². The normalized spacial score (nSPS) is 30.0.